The van der Waals surface area contributed by atoms with Gasteiger partial charge >= 0.3 is 0 Å². The Morgan fingerprint density at radius 1 is 1.21 bits per heavy atom. The summed E-state index contributed by atoms with van der Waals surface area (Å²) in [5.74, 6) is 0.266. The van der Waals surface area contributed by atoms with Gasteiger partial charge in [-0.3, -0.25) is 0 Å². The molecule has 2 aromatic rings. The van der Waals surface area contributed by atoms with E-state index >= 15 is 0 Å². The minimum Gasteiger partial charge on any atom is -0.320 e. The Kier molecular flexibility index (Phi) is 6.54. The van der Waals surface area contributed by atoms with Crippen LogP contribution in [0.3, 0.4) is 0 Å². The average Bonchev–Trinajstić information content (AvgIpc) is 2.59. The highest BCUT2D eigenvalue weighted by Crippen LogP contribution is 2.26. The molecule has 1 N–H and O–H groups in total. The van der Waals surface area contributed by atoms with E-state index in [1.165, 1.54) is 4.31 Å². The van der Waals surface area contributed by atoms with Crippen molar-refractivity contribution in [3.8, 4) is 0 Å². The highest BCUT2D eigenvalue weighted by Gasteiger charge is 2.26. The molecule has 0 fully saturated rings. The third-order valence-corrected chi connectivity index (χ3v) is 5.99. The molecule has 24 heavy (non-hydrogen) atoms. The van der Waals surface area contributed by atoms with Crippen LogP contribution in [0.2, 0.25) is 0 Å². The van der Waals surface area contributed by atoms with Crippen LogP contribution in [0.25, 0.3) is 10.8 Å². The zero-order valence-electron chi connectivity index (χ0n) is 14.4. The lowest BCUT2D eigenvalue weighted by molar-refractivity contribution is 0.363. The number of rotatable bonds is 9. The topological polar surface area (TPSA) is 49.4 Å². The molecule has 0 aliphatic carbocycles. The summed E-state index contributed by atoms with van der Waals surface area (Å²) in [6.07, 6.45) is 2.57. The molecule has 2 aromatic carbocycles. The van der Waals surface area contributed by atoms with Crippen molar-refractivity contribution in [2.45, 2.75) is 18.2 Å². The molecule has 1 atom stereocenters. The Morgan fingerprint density at radius 2 is 1.92 bits per heavy atom. The molecule has 0 aromatic heterocycles. The van der Waals surface area contributed by atoms with Crippen molar-refractivity contribution in [2.24, 2.45) is 5.92 Å². The quantitative estimate of drug-likeness (QED) is 0.709. The lowest BCUT2D eigenvalue weighted by Crippen LogP contribution is -2.35. The first-order valence-corrected chi connectivity index (χ1v) is 9.68. The van der Waals surface area contributed by atoms with Crippen LogP contribution < -0.4 is 5.32 Å². The van der Waals surface area contributed by atoms with Crippen LogP contribution in [-0.4, -0.2) is 39.4 Å². The van der Waals surface area contributed by atoms with E-state index in [2.05, 4.69) is 18.8 Å². The molecule has 1 unspecified atom stereocenters. The van der Waals surface area contributed by atoms with Crippen molar-refractivity contribution < 1.29 is 8.42 Å². The largest absolute Gasteiger partial charge is 0.320 e. The van der Waals surface area contributed by atoms with Gasteiger partial charge in [0, 0.05) is 18.5 Å². The van der Waals surface area contributed by atoms with Crippen molar-refractivity contribution in [2.75, 3.05) is 26.7 Å². The van der Waals surface area contributed by atoms with Crippen LogP contribution in [0.4, 0.5) is 0 Å². The SMILES string of the molecule is C=CCN(CC(C)CCNC)S(=O)(=O)c1cccc2ccccc12. The number of nitrogens with one attached hydrogen (secondary N) is 1. The van der Waals surface area contributed by atoms with Gasteiger partial charge in [0.05, 0.1) is 4.90 Å². The van der Waals surface area contributed by atoms with Crippen LogP contribution in [0.15, 0.2) is 60.0 Å². The fraction of sp³-hybridized carbons (Fsp3) is 0.368. The van der Waals surface area contributed by atoms with Gasteiger partial charge in [0.15, 0.2) is 0 Å². The Morgan fingerprint density at radius 3 is 2.62 bits per heavy atom. The predicted molar refractivity (Wildman–Crippen MR) is 101 cm³/mol. The number of nitrogens with zero attached hydrogens (tertiary/aromatic N) is 1. The molecule has 0 heterocycles. The van der Waals surface area contributed by atoms with E-state index in [1.54, 1.807) is 18.2 Å². The van der Waals surface area contributed by atoms with Gasteiger partial charge in [-0.15, -0.1) is 6.58 Å². The van der Waals surface area contributed by atoms with Crippen molar-refractivity contribution in [1.29, 1.82) is 0 Å². The first kappa shape index (κ1) is 18.6. The smallest absolute Gasteiger partial charge is 0.243 e. The molecule has 0 aliphatic heterocycles. The summed E-state index contributed by atoms with van der Waals surface area (Å²) in [5, 5.41) is 4.80. The molecule has 0 spiro atoms. The first-order chi connectivity index (χ1) is 11.5. The summed E-state index contributed by atoms with van der Waals surface area (Å²) >= 11 is 0. The van der Waals surface area contributed by atoms with Gasteiger partial charge in [0.1, 0.15) is 0 Å². The van der Waals surface area contributed by atoms with Gasteiger partial charge in [-0.25, -0.2) is 8.42 Å². The van der Waals surface area contributed by atoms with Crippen LogP contribution >= 0.6 is 0 Å². The summed E-state index contributed by atoms with van der Waals surface area (Å²) in [5.41, 5.74) is 0. The number of hydrogen-bond acceptors (Lipinski definition) is 3. The van der Waals surface area contributed by atoms with Gasteiger partial charge in [-0.05, 0) is 37.4 Å². The second-order valence-electron chi connectivity index (χ2n) is 6.09. The number of hydrogen-bond donors (Lipinski definition) is 1. The molecule has 0 saturated carbocycles. The first-order valence-electron chi connectivity index (χ1n) is 8.24. The molecule has 5 heteroatoms. The lowest BCUT2D eigenvalue weighted by atomic mass is 10.1. The van der Waals surface area contributed by atoms with Gasteiger partial charge in [-0.1, -0.05) is 49.4 Å². The Balaban J connectivity index is 2.38. The average molecular weight is 346 g/mol. The summed E-state index contributed by atoms with van der Waals surface area (Å²) in [6.45, 7) is 7.47. The van der Waals surface area contributed by atoms with E-state index in [-0.39, 0.29) is 5.92 Å². The van der Waals surface area contributed by atoms with Gasteiger partial charge in [0.2, 0.25) is 10.0 Å². The van der Waals surface area contributed by atoms with Crippen LogP contribution in [0.5, 0.6) is 0 Å². The normalized spacial score (nSPS) is 13.3. The Labute approximate surface area is 145 Å². The fourth-order valence-electron chi connectivity index (χ4n) is 2.80. The maximum Gasteiger partial charge on any atom is 0.243 e. The van der Waals surface area contributed by atoms with Crippen molar-refractivity contribution in [3.05, 3.63) is 55.1 Å². The molecule has 4 nitrogen and oxygen atoms in total. The monoisotopic (exact) mass is 346 g/mol. The molecular weight excluding hydrogens is 320 g/mol. The minimum atomic E-state index is -3.57. The number of sulfonamides is 1. The maximum absolute atomic E-state index is 13.2. The highest BCUT2D eigenvalue weighted by atomic mass is 32.2. The molecule has 0 saturated heterocycles. The summed E-state index contributed by atoms with van der Waals surface area (Å²) in [6, 6.07) is 13.0. The second-order valence-corrected chi connectivity index (χ2v) is 7.99. The number of benzene rings is 2. The van der Waals surface area contributed by atoms with E-state index < -0.39 is 10.0 Å². The van der Waals surface area contributed by atoms with E-state index in [0.717, 1.165) is 23.7 Å². The van der Waals surface area contributed by atoms with Gasteiger partial charge in [0.25, 0.3) is 0 Å². The molecule has 130 valence electrons. The standard InChI is InChI=1S/C19H26N2O2S/c1-4-14-21(15-16(2)12-13-20-3)24(22,23)19-11-7-9-17-8-5-6-10-18(17)19/h4-11,16,20H,1,12-15H2,2-3H3. The van der Waals surface area contributed by atoms with Crippen LogP contribution in [0.1, 0.15) is 13.3 Å². The molecule has 0 bridgehead atoms. The van der Waals surface area contributed by atoms with E-state index in [1.807, 2.05) is 37.4 Å². The maximum atomic E-state index is 13.2. The zero-order chi connectivity index (χ0) is 17.6. The summed E-state index contributed by atoms with van der Waals surface area (Å²) in [7, 11) is -1.66. The summed E-state index contributed by atoms with van der Waals surface area (Å²) < 4.78 is 27.9. The highest BCUT2D eigenvalue weighted by molar-refractivity contribution is 7.89. The van der Waals surface area contributed by atoms with Crippen LogP contribution in [-0.2, 0) is 10.0 Å². The lowest BCUT2D eigenvalue weighted by Gasteiger charge is -2.25. The number of fused-ring (bicyclic) bond motifs is 1. The molecular formula is C19H26N2O2S. The van der Waals surface area contributed by atoms with Crippen molar-refractivity contribution in [3.63, 3.8) is 0 Å². The van der Waals surface area contributed by atoms with Crippen molar-refractivity contribution in [1.82, 2.24) is 9.62 Å². The van der Waals surface area contributed by atoms with Crippen LogP contribution in [0, 0.1) is 5.92 Å². The van der Waals surface area contributed by atoms with E-state index in [0.29, 0.717) is 18.0 Å². The minimum absolute atomic E-state index is 0.266. The van der Waals surface area contributed by atoms with Gasteiger partial charge in [-0.2, -0.15) is 4.31 Å². The molecule has 2 rings (SSSR count). The third kappa shape index (κ3) is 4.23. The van der Waals surface area contributed by atoms with E-state index in [9.17, 15) is 8.42 Å². The zero-order valence-corrected chi connectivity index (χ0v) is 15.2. The van der Waals surface area contributed by atoms with E-state index in [4.69, 9.17) is 0 Å². The molecule has 0 amide bonds. The van der Waals surface area contributed by atoms with Crippen molar-refractivity contribution >= 4 is 20.8 Å². The second kappa shape index (κ2) is 8.42. The molecule has 0 aliphatic rings. The molecule has 0 radical (unpaired) electrons. The fourth-order valence-corrected chi connectivity index (χ4v) is 4.55. The summed E-state index contributed by atoms with van der Waals surface area (Å²) in [4.78, 5) is 0.364. The third-order valence-electron chi connectivity index (χ3n) is 4.10. The van der Waals surface area contributed by atoms with Gasteiger partial charge < -0.3 is 5.32 Å². The Bertz CT molecular complexity index is 782. The predicted octanol–water partition coefficient (Wildman–Crippen LogP) is 3.26. The Hall–Kier alpha value is -1.69.